The lowest BCUT2D eigenvalue weighted by molar-refractivity contribution is -0.137. The molecule has 0 atom stereocenters. The maximum atomic E-state index is 12.9. The molecule has 0 radical (unpaired) electrons. The monoisotopic (exact) mass is 968 g/mol. The van der Waals surface area contributed by atoms with Crippen LogP contribution in [0.1, 0.15) is 26.3 Å². The zero-order valence-corrected chi connectivity index (χ0v) is 35.6. The number of halogens is 9. The molecule has 17 heteroatoms. The summed E-state index contributed by atoms with van der Waals surface area (Å²) in [5.41, 5.74) is 4.28. The fourth-order valence-electron chi connectivity index (χ4n) is 5.31. The first-order chi connectivity index (χ1) is 27.0. The number of carboxylic acids is 1. The quantitative estimate of drug-likeness (QED) is 0.160. The van der Waals surface area contributed by atoms with E-state index in [9.17, 15) is 27.9 Å². The van der Waals surface area contributed by atoms with Crippen molar-refractivity contribution in [3.05, 3.63) is 148 Å². The molecule has 0 unspecified atom stereocenters. The van der Waals surface area contributed by atoms with Gasteiger partial charge >= 0.3 is 18.1 Å². The highest BCUT2D eigenvalue weighted by Gasteiger charge is 2.31. The number of aromatic carboxylic acids is 1. The molecule has 0 fully saturated rings. The van der Waals surface area contributed by atoms with Crippen LogP contribution < -0.4 is 0 Å². The Morgan fingerprint density at radius 2 is 1.12 bits per heavy atom. The summed E-state index contributed by atoms with van der Waals surface area (Å²) in [5.74, 6) is -1.64. The number of thiazole rings is 2. The fourth-order valence-corrected chi connectivity index (χ4v) is 8.25. The molecule has 0 aliphatic rings. The maximum Gasteiger partial charge on any atom is 0.416 e. The summed E-state index contributed by atoms with van der Waals surface area (Å²) >= 11 is 36.3. The number of nitrogens with zero attached hydrogens (tertiary/aromatic N) is 2. The second kappa shape index (κ2) is 17.9. The van der Waals surface area contributed by atoms with Crippen LogP contribution in [-0.4, -0.2) is 34.1 Å². The standard InChI is InChI=1S/C23H11Cl3F3NO2S.C17H10BrCl2NO2S/c24-17-6-2-11(8-19(17)26)20-10-33-21(30-20)12-1-4-14(16(7-12)22(31)32)15-5-3-13(9-18(15)25)23(27,28)29;1-23-17(22)11-6-10(2-4-12(11)18)16-21-15(8-24-16)9-3-5-13(19)14(20)7-9/h1-10H,(H,31,32);2-8H,1H3. The summed E-state index contributed by atoms with van der Waals surface area (Å²) in [6.07, 6.45) is -4.56. The van der Waals surface area contributed by atoms with Crippen LogP contribution in [0.3, 0.4) is 0 Å². The summed E-state index contributed by atoms with van der Waals surface area (Å²) in [6.45, 7) is 0. The van der Waals surface area contributed by atoms with Crippen LogP contribution >= 0.6 is 96.6 Å². The molecule has 0 aliphatic carbocycles. The highest BCUT2D eigenvalue weighted by molar-refractivity contribution is 9.10. The summed E-state index contributed by atoms with van der Waals surface area (Å²) in [4.78, 5) is 32.9. The topological polar surface area (TPSA) is 89.4 Å². The number of hydrogen-bond acceptors (Lipinski definition) is 7. The van der Waals surface area contributed by atoms with E-state index in [1.54, 1.807) is 47.8 Å². The molecule has 7 aromatic rings. The first-order valence-electron chi connectivity index (χ1n) is 16.0. The van der Waals surface area contributed by atoms with Crippen LogP contribution in [-0.2, 0) is 10.9 Å². The van der Waals surface area contributed by atoms with E-state index in [-0.39, 0.29) is 21.7 Å². The average Bonchev–Trinajstić information content (AvgIpc) is 3.88. The molecule has 0 saturated carbocycles. The summed E-state index contributed by atoms with van der Waals surface area (Å²) in [5, 5.41) is 16.4. The van der Waals surface area contributed by atoms with Gasteiger partial charge in [0, 0.05) is 48.1 Å². The van der Waals surface area contributed by atoms with Crippen molar-refractivity contribution in [1.29, 1.82) is 0 Å². The Balaban J connectivity index is 0.000000203. The van der Waals surface area contributed by atoms with Crippen molar-refractivity contribution in [3.63, 3.8) is 0 Å². The second-order valence-electron chi connectivity index (χ2n) is 11.8. The minimum atomic E-state index is -4.56. The molecule has 6 nitrogen and oxygen atoms in total. The number of rotatable bonds is 7. The predicted molar refractivity (Wildman–Crippen MR) is 227 cm³/mol. The summed E-state index contributed by atoms with van der Waals surface area (Å²) < 4.78 is 44.3. The Morgan fingerprint density at radius 1 is 0.632 bits per heavy atom. The lowest BCUT2D eigenvalue weighted by Crippen LogP contribution is -2.05. The van der Waals surface area contributed by atoms with Crippen molar-refractivity contribution in [3.8, 4) is 54.8 Å². The number of methoxy groups -OCH3 is 1. The molecule has 5 aromatic carbocycles. The van der Waals surface area contributed by atoms with Crippen molar-refractivity contribution in [2.45, 2.75) is 6.18 Å². The van der Waals surface area contributed by atoms with E-state index in [1.165, 1.54) is 48.0 Å². The van der Waals surface area contributed by atoms with E-state index in [2.05, 4.69) is 25.9 Å². The van der Waals surface area contributed by atoms with Crippen LogP contribution in [0.25, 0.3) is 54.8 Å². The Labute approximate surface area is 364 Å². The zero-order chi connectivity index (χ0) is 41.2. The molecule has 1 N–H and O–H groups in total. The largest absolute Gasteiger partial charge is 0.478 e. The normalized spacial score (nSPS) is 11.2. The number of carbonyl (C=O) groups is 2. The van der Waals surface area contributed by atoms with Crippen LogP contribution in [0.5, 0.6) is 0 Å². The fraction of sp³-hybridized carbons (Fsp3) is 0.0500. The number of alkyl halides is 3. The maximum absolute atomic E-state index is 12.9. The molecule has 0 saturated heterocycles. The van der Waals surface area contributed by atoms with Crippen molar-refractivity contribution < 1.29 is 32.6 Å². The number of carbonyl (C=O) groups excluding carboxylic acids is 1. The van der Waals surface area contributed by atoms with Gasteiger partial charge in [-0.05, 0) is 76.1 Å². The van der Waals surface area contributed by atoms with E-state index in [0.717, 1.165) is 39.5 Å². The molecular weight excluding hydrogens is 951 g/mol. The SMILES string of the molecule is COC(=O)c1cc(-c2nc(-c3ccc(Cl)c(Cl)c3)cs2)ccc1Br.O=C(O)c1cc(-c2nc(-c3ccc(Cl)c(Cl)c3)cs2)ccc1-c1ccc(C(F)(F)F)cc1Cl. The first-order valence-corrected chi connectivity index (χ1v) is 20.4. The summed E-state index contributed by atoms with van der Waals surface area (Å²) in [7, 11) is 1.35. The number of ether oxygens (including phenoxy) is 1. The molecule has 290 valence electrons. The van der Waals surface area contributed by atoms with Crippen LogP contribution in [0.2, 0.25) is 25.1 Å². The summed E-state index contributed by atoms with van der Waals surface area (Å²) in [6, 6.07) is 23.3. The Kier molecular flexibility index (Phi) is 13.4. The molecule has 0 aliphatic heterocycles. The van der Waals surface area contributed by atoms with Crippen LogP contribution in [0.4, 0.5) is 13.2 Å². The van der Waals surface area contributed by atoms with Crippen molar-refractivity contribution in [1.82, 2.24) is 9.97 Å². The number of aromatic nitrogens is 2. The smallest absolute Gasteiger partial charge is 0.416 e. The molecule has 7 rings (SSSR count). The van der Waals surface area contributed by atoms with Gasteiger partial charge in [0.1, 0.15) is 10.0 Å². The Hall–Kier alpha value is -3.98. The molecular formula is C40H21BrCl5F3N2O4S2. The van der Waals surface area contributed by atoms with E-state index in [1.807, 2.05) is 23.6 Å². The van der Waals surface area contributed by atoms with E-state index >= 15 is 0 Å². The van der Waals surface area contributed by atoms with E-state index in [4.69, 9.17) is 62.7 Å². The Bertz CT molecular complexity index is 2670. The van der Waals surface area contributed by atoms with Gasteiger partial charge in [-0.25, -0.2) is 19.6 Å². The minimum absolute atomic E-state index is 0.111. The molecule has 0 amide bonds. The number of carboxylic acid groups (broad SMARTS) is 1. The number of benzene rings is 5. The van der Waals surface area contributed by atoms with E-state index in [0.29, 0.717) is 46.4 Å². The van der Waals surface area contributed by atoms with Gasteiger partial charge in [-0.2, -0.15) is 13.2 Å². The van der Waals surface area contributed by atoms with Crippen molar-refractivity contribution in [2.75, 3.05) is 7.11 Å². The van der Waals surface area contributed by atoms with Gasteiger partial charge < -0.3 is 9.84 Å². The van der Waals surface area contributed by atoms with Gasteiger partial charge in [0.15, 0.2) is 0 Å². The number of hydrogen-bond donors (Lipinski definition) is 1. The minimum Gasteiger partial charge on any atom is -0.478 e. The Morgan fingerprint density at radius 3 is 1.60 bits per heavy atom. The average molecular weight is 972 g/mol. The van der Waals surface area contributed by atoms with E-state index < -0.39 is 23.7 Å². The lowest BCUT2D eigenvalue weighted by atomic mass is 9.96. The van der Waals surface area contributed by atoms with Crippen LogP contribution in [0, 0.1) is 0 Å². The van der Waals surface area contributed by atoms with Gasteiger partial charge in [-0.1, -0.05) is 94.4 Å². The lowest BCUT2D eigenvalue weighted by Gasteiger charge is -2.12. The molecule has 0 spiro atoms. The predicted octanol–water partition coefficient (Wildman–Crippen LogP) is 15.2. The van der Waals surface area contributed by atoms with Gasteiger partial charge in [0.25, 0.3) is 0 Å². The second-order valence-corrected chi connectivity index (χ2v) is 16.4. The van der Waals surface area contributed by atoms with Gasteiger partial charge in [0.05, 0.1) is 55.3 Å². The third kappa shape index (κ3) is 9.84. The van der Waals surface area contributed by atoms with Crippen molar-refractivity contribution >= 4 is 109 Å². The highest BCUT2D eigenvalue weighted by atomic mass is 79.9. The molecule has 2 aromatic heterocycles. The van der Waals surface area contributed by atoms with Gasteiger partial charge in [0.2, 0.25) is 0 Å². The molecule has 0 bridgehead atoms. The highest BCUT2D eigenvalue weighted by Crippen LogP contribution is 2.39. The third-order valence-electron chi connectivity index (χ3n) is 8.14. The third-order valence-corrected chi connectivity index (χ3v) is 12.4. The number of esters is 1. The van der Waals surface area contributed by atoms with Gasteiger partial charge in [-0.3, -0.25) is 0 Å². The van der Waals surface area contributed by atoms with Crippen LogP contribution in [0.15, 0.2) is 106 Å². The molecule has 2 heterocycles. The first kappa shape index (κ1) is 42.6. The zero-order valence-electron chi connectivity index (χ0n) is 28.6. The van der Waals surface area contributed by atoms with Gasteiger partial charge in [-0.15, -0.1) is 22.7 Å². The van der Waals surface area contributed by atoms with Crippen molar-refractivity contribution in [2.24, 2.45) is 0 Å². The molecule has 57 heavy (non-hydrogen) atoms.